The summed E-state index contributed by atoms with van der Waals surface area (Å²) in [5.41, 5.74) is -0.0177. The molecule has 1 aromatic carbocycles. The minimum atomic E-state index is -1.54. The zero-order valence-corrected chi connectivity index (χ0v) is 17.4. The van der Waals surface area contributed by atoms with E-state index in [1.54, 1.807) is 6.08 Å². The molecule has 0 radical (unpaired) electrons. The lowest BCUT2D eigenvalue weighted by molar-refractivity contribution is -0.260. The van der Waals surface area contributed by atoms with Crippen LogP contribution in [0.15, 0.2) is 47.6 Å². The van der Waals surface area contributed by atoms with Gasteiger partial charge >= 0.3 is 11.9 Å². The highest BCUT2D eigenvalue weighted by Gasteiger charge is 2.59. The second-order valence-corrected chi connectivity index (χ2v) is 7.32. The lowest BCUT2D eigenvalue weighted by Crippen LogP contribution is -2.51. The number of ether oxygens (including phenoxy) is 5. The summed E-state index contributed by atoms with van der Waals surface area (Å²) in [5, 5.41) is 11.2. The molecule has 162 valence electrons. The maximum Gasteiger partial charge on any atom is 0.338 e. The van der Waals surface area contributed by atoms with Crippen LogP contribution in [0.2, 0.25) is 0 Å². The van der Waals surface area contributed by atoms with E-state index in [4.69, 9.17) is 23.7 Å². The van der Waals surface area contributed by atoms with E-state index in [2.05, 4.69) is 0 Å². The Balaban J connectivity index is 1.88. The number of fused-ring (bicyclic) bond motifs is 1. The Morgan fingerprint density at radius 1 is 1.17 bits per heavy atom. The Hall–Kier alpha value is -2.52. The predicted octanol–water partition coefficient (Wildman–Crippen LogP) is 1.83. The number of carbonyl (C=O) groups is 2. The van der Waals surface area contributed by atoms with Crippen LogP contribution in [0.3, 0.4) is 0 Å². The Morgan fingerprint density at radius 3 is 2.47 bits per heavy atom. The van der Waals surface area contributed by atoms with E-state index in [0.29, 0.717) is 5.57 Å². The molecule has 0 aromatic heterocycles. The van der Waals surface area contributed by atoms with Crippen molar-refractivity contribution < 1.29 is 38.4 Å². The van der Waals surface area contributed by atoms with Gasteiger partial charge in [0.2, 0.25) is 0 Å². The number of aliphatic hydroxyl groups is 1. The van der Waals surface area contributed by atoms with Gasteiger partial charge in [0.1, 0.15) is 11.7 Å². The fourth-order valence-electron chi connectivity index (χ4n) is 3.99. The second kappa shape index (κ2) is 9.09. The molecular weight excluding hydrogens is 392 g/mol. The molecule has 0 saturated heterocycles. The van der Waals surface area contributed by atoms with Crippen LogP contribution in [-0.2, 0) is 33.3 Å². The van der Waals surface area contributed by atoms with Gasteiger partial charge in [-0.15, -0.1) is 0 Å². The summed E-state index contributed by atoms with van der Waals surface area (Å²) in [7, 11) is 4.06. The number of hydrogen-bond donors (Lipinski definition) is 1. The van der Waals surface area contributed by atoms with E-state index >= 15 is 0 Å². The first kappa shape index (κ1) is 22.2. The zero-order valence-electron chi connectivity index (χ0n) is 17.4. The molecule has 0 bridgehead atoms. The summed E-state index contributed by atoms with van der Waals surface area (Å²) in [6.07, 6.45) is 0.220. The average Bonchev–Trinajstić information content (AvgIpc) is 3.01. The molecule has 1 aromatic rings. The summed E-state index contributed by atoms with van der Waals surface area (Å²) in [4.78, 5) is 24.8. The second-order valence-electron chi connectivity index (χ2n) is 7.32. The van der Waals surface area contributed by atoms with Crippen LogP contribution in [-0.4, -0.2) is 62.7 Å². The summed E-state index contributed by atoms with van der Waals surface area (Å²) in [6.45, 7) is 1.53. The minimum absolute atomic E-state index is 0.121. The van der Waals surface area contributed by atoms with Gasteiger partial charge in [0.25, 0.3) is 0 Å². The van der Waals surface area contributed by atoms with Crippen molar-refractivity contribution in [3.63, 3.8) is 0 Å². The number of rotatable bonds is 6. The molecule has 2 aliphatic rings. The van der Waals surface area contributed by atoms with Crippen LogP contribution >= 0.6 is 0 Å². The predicted molar refractivity (Wildman–Crippen MR) is 106 cm³/mol. The smallest absolute Gasteiger partial charge is 0.338 e. The molecule has 8 nitrogen and oxygen atoms in total. The molecule has 1 fully saturated rings. The number of methoxy groups -OCH3 is 3. The van der Waals surface area contributed by atoms with E-state index in [0.717, 1.165) is 5.56 Å². The first-order chi connectivity index (χ1) is 14.3. The third-order valence-corrected chi connectivity index (χ3v) is 5.50. The molecule has 30 heavy (non-hydrogen) atoms. The van der Waals surface area contributed by atoms with E-state index in [1.807, 2.05) is 30.3 Å². The summed E-state index contributed by atoms with van der Waals surface area (Å²) >= 11 is 0. The van der Waals surface area contributed by atoms with Gasteiger partial charge in [-0.1, -0.05) is 30.3 Å². The highest BCUT2D eigenvalue weighted by atomic mass is 16.8. The van der Waals surface area contributed by atoms with E-state index in [9.17, 15) is 14.7 Å². The molecule has 1 saturated carbocycles. The lowest BCUT2D eigenvalue weighted by atomic mass is 9.85. The molecule has 1 aliphatic heterocycles. The third kappa shape index (κ3) is 4.17. The molecule has 1 aliphatic carbocycles. The van der Waals surface area contributed by atoms with E-state index in [1.165, 1.54) is 34.3 Å². The Bertz CT molecular complexity index is 842. The van der Waals surface area contributed by atoms with Gasteiger partial charge in [-0.25, -0.2) is 9.59 Å². The molecule has 0 unspecified atom stereocenters. The van der Waals surface area contributed by atoms with Crippen molar-refractivity contribution in [2.24, 2.45) is 5.92 Å². The molecule has 3 rings (SSSR count). The van der Waals surface area contributed by atoms with Gasteiger partial charge in [0.05, 0.1) is 18.6 Å². The van der Waals surface area contributed by atoms with Crippen LogP contribution in [0, 0.1) is 5.92 Å². The quantitative estimate of drug-likeness (QED) is 0.552. The first-order valence-corrected chi connectivity index (χ1v) is 9.51. The van der Waals surface area contributed by atoms with Crippen molar-refractivity contribution in [2.45, 2.75) is 37.6 Å². The fraction of sp³-hybridized carbons (Fsp3) is 0.455. The summed E-state index contributed by atoms with van der Waals surface area (Å²) in [5.74, 6) is -1.98. The van der Waals surface area contributed by atoms with Crippen LogP contribution in [0.25, 0.3) is 6.08 Å². The average molecular weight is 418 g/mol. The van der Waals surface area contributed by atoms with Gasteiger partial charge in [0, 0.05) is 26.7 Å². The third-order valence-electron chi connectivity index (χ3n) is 5.50. The SMILES string of the molecule is COC(=O)C1=C2C[C@H](OC(=O)/C=C/c3ccccc3)[C@](C)(O)[C@H]2[C@H](OC)O[C@@H]1OC. The Morgan fingerprint density at radius 2 is 1.87 bits per heavy atom. The van der Waals surface area contributed by atoms with Crippen molar-refractivity contribution >= 4 is 18.0 Å². The van der Waals surface area contributed by atoms with Crippen LogP contribution in [0.4, 0.5) is 0 Å². The highest BCUT2D eigenvalue weighted by Crippen LogP contribution is 2.49. The Kier molecular flexibility index (Phi) is 6.72. The number of esters is 2. The molecule has 1 N–H and O–H groups in total. The van der Waals surface area contributed by atoms with Gasteiger partial charge in [-0.3, -0.25) is 0 Å². The van der Waals surface area contributed by atoms with Crippen molar-refractivity contribution in [3.05, 3.63) is 53.1 Å². The highest BCUT2D eigenvalue weighted by molar-refractivity contribution is 5.91. The summed E-state index contributed by atoms with van der Waals surface area (Å²) < 4.78 is 26.8. The maximum absolute atomic E-state index is 12.4. The molecule has 0 spiro atoms. The lowest BCUT2D eigenvalue weighted by Gasteiger charge is -2.39. The van der Waals surface area contributed by atoms with E-state index in [-0.39, 0.29) is 12.0 Å². The monoisotopic (exact) mass is 418 g/mol. The number of hydrogen-bond acceptors (Lipinski definition) is 8. The fourth-order valence-corrected chi connectivity index (χ4v) is 3.99. The van der Waals surface area contributed by atoms with Crippen molar-refractivity contribution in [3.8, 4) is 0 Å². The normalized spacial score (nSPS) is 31.0. The van der Waals surface area contributed by atoms with E-state index < -0.39 is 42.1 Å². The van der Waals surface area contributed by atoms with Crippen molar-refractivity contribution in [1.29, 1.82) is 0 Å². The van der Waals surface area contributed by atoms with Crippen LogP contribution in [0.5, 0.6) is 0 Å². The van der Waals surface area contributed by atoms with Gasteiger partial charge in [-0.05, 0) is 24.1 Å². The zero-order chi connectivity index (χ0) is 21.9. The first-order valence-electron chi connectivity index (χ1n) is 9.51. The number of carbonyl (C=O) groups excluding carboxylic acids is 2. The standard InChI is InChI=1S/C22H26O8/c1-22(25)15(29-16(23)11-10-13-8-6-5-7-9-13)12-14-17(19(24)26-2)20(27-3)30-21(28-4)18(14)22/h5-11,15,18,20-21,25H,12H2,1-4H3/b11-10+/t15-,18+,20-,21+,22-/m0/s1. The van der Waals surface area contributed by atoms with Gasteiger partial charge < -0.3 is 28.8 Å². The number of benzene rings is 1. The van der Waals surface area contributed by atoms with Gasteiger partial charge in [0.15, 0.2) is 12.6 Å². The summed E-state index contributed by atoms with van der Waals surface area (Å²) in [6, 6.07) is 9.29. The van der Waals surface area contributed by atoms with Gasteiger partial charge in [-0.2, -0.15) is 0 Å². The molecule has 0 amide bonds. The van der Waals surface area contributed by atoms with Crippen molar-refractivity contribution in [2.75, 3.05) is 21.3 Å². The molecule has 5 atom stereocenters. The molecular formula is C22H26O8. The maximum atomic E-state index is 12.4. The Labute approximate surface area is 175 Å². The van der Waals surface area contributed by atoms with Crippen molar-refractivity contribution in [1.82, 2.24) is 0 Å². The van der Waals surface area contributed by atoms with Crippen LogP contribution in [0.1, 0.15) is 18.9 Å². The topological polar surface area (TPSA) is 101 Å². The molecule has 8 heteroatoms. The minimum Gasteiger partial charge on any atom is -0.466 e. The van der Waals surface area contributed by atoms with Crippen LogP contribution < -0.4 is 0 Å². The largest absolute Gasteiger partial charge is 0.466 e. The molecule has 1 heterocycles.